The molecule has 0 fully saturated rings. The zero-order valence-corrected chi connectivity index (χ0v) is 8.94. The summed E-state index contributed by atoms with van der Waals surface area (Å²) in [4.78, 5) is 27.8. The third-order valence-corrected chi connectivity index (χ3v) is 2.67. The number of ether oxygens (including phenoxy) is 1. The summed E-state index contributed by atoms with van der Waals surface area (Å²) in [6.45, 7) is 5.07. The maximum absolute atomic E-state index is 10.6. The van der Waals surface area contributed by atoms with Gasteiger partial charge in [-0.2, -0.15) is 0 Å². The van der Waals surface area contributed by atoms with Crippen LogP contribution in [0.4, 0.5) is 0 Å². The Morgan fingerprint density at radius 3 is 2.64 bits per heavy atom. The van der Waals surface area contributed by atoms with E-state index in [0.717, 1.165) is 6.08 Å². The van der Waals surface area contributed by atoms with Crippen molar-refractivity contribution in [2.45, 2.75) is 13.3 Å². The average molecular weight is 222 g/mol. The molecule has 6 heteroatoms. The van der Waals surface area contributed by atoms with Crippen molar-refractivity contribution < 1.29 is 23.9 Å². The first kappa shape index (κ1) is 13.4. The largest absolute Gasteiger partial charge is 0.463 e. The lowest BCUT2D eigenvalue weighted by atomic mass is 10.1. The predicted molar refractivity (Wildman–Crippen MR) is 51.8 cm³/mol. The van der Waals surface area contributed by atoms with Crippen LogP contribution in [-0.2, 0) is 14.1 Å². The fourth-order valence-electron chi connectivity index (χ4n) is 0.917. The van der Waals surface area contributed by atoms with Crippen molar-refractivity contribution in [2.75, 3.05) is 12.8 Å². The molecule has 0 rings (SSSR count). The van der Waals surface area contributed by atoms with E-state index < -0.39 is 13.6 Å². The molecule has 0 heterocycles. The molecule has 1 unspecified atom stereocenters. The molecule has 0 aliphatic heterocycles. The molecule has 0 saturated carbocycles. The molecule has 0 amide bonds. The lowest BCUT2D eigenvalue weighted by molar-refractivity contribution is -0.138. The molecule has 0 aromatic heterocycles. The van der Waals surface area contributed by atoms with Gasteiger partial charge in [0, 0.05) is 6.08 Å². The van der Waals surface area contributed by atoms with E-state index in [1.54, 1.807) is 6.92 Å². The summed E-state index contributed by atoms with van der Waals surface area (Å²) in [6.07, 6.45) is 1.30. The molecule has 1 atom stereocenters. The highest BCUT2D eigenvalue weighted by Gasteiger charge is 2.17. The minimum atomic E-state index is -3.95. The normalized spacial score (nSPS) is 13.4. The number of hydrogen-bond donors (Lipinski definition) is 2. The Balaban J connectivity index is 3.65. The molecule has 0 radical (unpaired) electrons. The summed E-state index contributed by atoms with van der Waals surface area (Å²) in [7, 11) is -3.95. The van der Waals surface area contributed by atoms with Gasteiger partial charge in [-0.1, -0.05) is 13.5 Å². The fourth-order valence-corrected chi connectivity index (χ4v) is 1.91. The van der Waals surface area contributed by atoms with E-state index in [1.165, 1.54) is 0 Å². The third kappa shape index (κ3) is 7.98. The maximum Gasteiger partial charge on any atom is 0.330 e. The number of rotatable bonds is 6. The molecule has 0 saturated heterocycles. The van der Waals surface area contributed by atoms with Gasteiger partial charge in [-0.3, -0.25) is 4.57 Å². The minimum absolute atomic E-state index is 0.159. The van der Waals surface area contributed by atoms with Crippen LogP contribution < -0.4 is 0 Å². The van der Waals surface area contributed by atoms with Gasteiger partial charge in [-0.05, 0) is 12.3 Å². The second-order valence-corrected chi connectivity index (χ2v) is 4.81. The van der Waals surface area contributed by atoms with Crippen molar-refractivity contribution in [3.63, 3.8) is 0 Å². The molecule has 0 aromatic carbocycles. The highest BCUT2D eigenvalue weighted by Crippen LogP contribution is 2.37. The number of hydrogen-bond acceptors (Lipinski definition) is 3. The molecule has 0 bridgehead atoms. The van der Waals surface area contributed by atoms with E-state index >= 15 is 0 Å². The summed E-state index contributed by atoms with van der Waals surface area (Å²) in [6, 6.07) is 0. The van der Waals surface area contributed by atoms with E-state index in [1.807, 2.05) is 0 Å². The predicted octanol–water partition coefficient (Wildman–Crippen LogP) is 0.919. The van der Waals surface area contributed by atoms with Crippen LogP contribution >= 0.6 is 7.60 Å². The van der Waals surface area contributed by atoms with Crippen LogP contribution in [0.5, 0.6) is 0 Å². The first-order valence-corrected chi connectivity index (χ1v) is 5.98. The van der Waals surface area contributed by atoms with Crippen LogP contribution in [0.25, 0.3) is 0 Å². The molecule has 82 valence electrons. The van der Waals surface area contributed by atoms with Gasteiger partial charge in [0.25, 0.3) is 0 Å². The highest BCUT2D eigenvalue weighted by atomic mass is 31.2. The number of carbonyl (C=O) groups is 1. The quantitative estimate of drug-likeness (QED) is 0.396. The first-order chi connectivity index (χ1) is 6.35. The second-order valence-electron chi connectivity index (χ2n) is 3.11. The Hall–Kier alpha value is -0.640. The fraction of sp³-hybridized carbons (Fsp3) is 0.625. The van der Waals surface area contributed by atoms with E-state index in [4.69, 9.17) is 9.79 Å². The van der Waals surface area contributed by atoms with E-state index in [2.05, 4.69) is 11.3 Å². The van der Waals surface area contributed by atoms with Crippen molar-refractivity contribution in [1.82, 2.24) is 0 Å². The van der Waals surface area contributed by atoms with Gasteiger partial charge in [-0.15, -0.1) is 0 Å². The van der Waals surface area contributed by atoms with Crippen LogP contribution in [0.15, 0.2) is 12.7 Å². The zero-order chi connectivity index (χ0) is 11.2. The minimum Gasteiger partial charge on any atom is -0.463 e. The number of carbonyl (C=O) groups excluding carboxylic acids is 1. The van der Waals surface area contributed by atoms with E-state index in [9.17, 15) is 9.36 Å². The monoisotopic (exact) mass is 222 g/mol. The Labute approximate surface area is 82.9 Å². The molecular weight excluding hydrogens is 207 g/mol. The maximum atomic E-state index is 10.6. The molecule has 0 aliphatic carbocycles. The standard InChI is InChI=1S/C8H15O5P/c1-3-8(9)13-5-4-7(2)6-14(10,11)12/h3,7H,1,4-6H2,2H3,(H2,10,11,12). The molecule has 0 spiro atoms. The molecule has 2 N–H and O–H groups in total. The van der Waals surface area contributed by atoms with Gasteiger partial charge >= 0.3 is 13.6 Å². The average Bonchev–Trinajstić information content (AvgIpc) is 2.00. The summed E-state index contributed by atoms with van der Waals surface area (Å²) in [5.41, 5.74) is 0. The van der Waals surface area contributed by atoms with Crippen LogP contribution in [0.1, 0.15) is 13.3 Å². The molecule has 0 aromatic rings. The van der Waals surface area contributed by atoms with Crippen molar-refractivity contribution in [3.8, 4) is 0 Å². The van der Waals surface area contributed by atoms with Gasteiger partial charge in [0.2, 0.25) is 0 Å². The lowest BCUT2D eigenvalue weighted by Gasteiger charge is -2.11. The molecule has 14 heavy (non-hydrogen) atoms. The summed E-state index contributed by atoms with van der Waals surface area (Å²) >= 11 is 0. The van der Waals surface area contributed by atoms with Crippen molar-refractivity contribution in [3.05, 3.63) is 12.7 Å². The van der Waals surface area contributed by atoms with E-state index in [-0.39, 0.29) is 18.7 Å². The summed E-state index contributed by atoms with van der Waals surface area (Å²) in [5.74, 6) is -0.693. The van der Waals surface area contributed by atoms with Crippen LogP contribution in [-0.4, -0.2) is 28.5 Å². The Morgan fingerprint density at radius 1 is 1.64 bits per heavy atom. The molecule has 5 nitrogen and oxygen atoms in total. The van der Waals surface area contributed by atoms with Crippen molar-refractivity contribution in [2.24, 2.45) is 5.92 Å². The van der Waals surface area contributed by atoms with Gasteiger partial charge in [0.1, 0.15) is 0 Å². The van der Waals surface area contributed by atoms with Gasteiger partial charge in [0.15, 0.2) is 0 Å². The van der Waals surface area contributed by atoms with Gasteiger partial charge < -0.3 is 14.5 Å². The summed E-state index contributed by atoms with van der Waals surface area (Å²) in [5, 5.41) is 0. The number of esters is 1. The van der Waals surface area contributed by atoms with E-state index in [0.29, 0.717) is 6.42 Å². The first-order valence-electron chi connectivity index (χ1n) is 4.19. The van der Waals surface area contributed by atoms with Gasteiger partial charge in [0.05, 0.1) is 12.8 Å². The Bertz CT molecular complexity index is 244. The third-order valence-electron chi connectivity index (χ3n) is 1.57. The van der Waals surface area contributed by atoms with Crippen LogP contribution in [0, 0.1) is 5.92 Å². The smallest absolute Gasteiger partial charge is 0.330 e. The van der Waals surface area contributed by atoms with Crippen LogP contribution in [0.3, 0.4) is 0 Å². The Kier molecular flexibility index (Phi) is 5.69. The SMILES string of the molecule is C=CC(=O)OCCC(C)CP(=O)(O)O. The van der Waals surface area contributed by atoms with Crippen molar-refractivity contribution >= 4 is 13.6 Å². The highest BCUT2D eigenvalue weighted by molar-refractivity contribution is 7.51. The topological polar surface area (TPSA) is 83.8 Å². The molecular formula is C8H15O5P. The zero-order valence-electron chi connectivity index (χ0n) is 8.05. The van der Waals surface area contributed by atoms with Gasteiger partial charge in [-0.25, -0.2) is 4.79 Å². The summed E-state index contributed by atoms with van der Waals surface area (Å²) < 4.78 is 15.2. The molecule has 0 aliphatic rings. The van der Waals surface area contributed by atoms with Crippen LogP contribution in [0.2, 0.25) is 0 Å². The Morgan fingerprint density at radius 2 is 2.21 bits per heavy atom. The lowest BCUT2D eigenvalue weighted by Crippen LogP contribution is -2.09. The van der Waals surface area contributed by atoms with Crippen molar-refractivity contribution in [1.29, 1.82) is 0 Å². The second kappa shape index (κ2) is 5.96.